The van der Waals surface area contributed by atoms with Crippen molar-refractivity contribution in [1.82, 2.24) is 0 Å². The number of carbonyl (C=O) groups is 1. The third kappa shape index (κ3) is 15.0. The molecule has 3 N–H and O–H groups in total. The van der Waals surface area contributed by atoms with Crippen molar-refractivity contribution in [3.63, 3.8) is 0 Å². The Morgan fingerprint density at radius 1 is 0.743 bits per heavy atom. The zero-order chi connectivity index (χ0) is 25.7. The number of ether oxygens (including phenoxy) is 3. The van der Waals surface area contributed by atoms with Gasteiger partial charge in [0.15, 0.2) is 6.29 Å². The van der Waals surface area contributed by atoms with Gasteiger partial charge < -0.3 is 29.5 Å². The van der Waals surface area contributed by atoms with E-state index < -0.39 is 30.7 Å². The molecule has 7 nitrogen and oxygen atoms in total. The maximum Gasteiger partial charge on any atom is 0.305 e. The van der Waals surface area contributed by atoms with Crippen molar-refractivity contribution >= 4 is 5.97 Å². The molecule has 1 saturated heterocycles. The summed E-state index contributed by atoms with van der Waals surface area (Å²) in [5.41, 5.74) is 0. The Morgan fingerprint density at radius 3 is 1.94 bits per heavy atom. The minimum atomic E-state index is -1.41. The largest absolute Gasteiger partial charge is 0.463 e. The van der Waals surface area contributed by atoms with Gasteiger partial charge in [-0.3, -0.25) is 4.79 Å². The molecule has 0 bridgehead atoms. The second-order valence-electron chi connectivity index (χ2n) is 9.76. The molecule has 0 amide bonds. The highest BCUT2D eigenvalue weighted by atomic mass is 16.7. The number of aliphatic hydroxyl groups excluding tert-OH is 3. The van der Waals surface area contributed by atoms with E-state index in [1.54, 1.807) is 0 Å². The summed E-state index contributed by atoms with van der Waals surface area (Å²) in [5.74, 6) is -0.345. The van der Waals surface area contributed by atoms with Crippen LogP contribution in [0, 0.1) is 0 Å². The van der Waals surface area contributed by atoms with E-state index in [-0.39, 0.29) is 12.6 Å². The van der Waals surface area contributed by atoms with E-state index in [0.29, 0.717) is 13.0 Å². The Hall–Kier alpha value is -0.990. The van der Waals surface area contributed by atoms with E-state index in [1.807, 2.05) is 6.92 Å². The number of aliphatic hydroxyl groups is 3. The van der Waals surface area contributed by atoms with E-state index >= 15 is 0 Å². The number of hydrogen-bond acceptors (Lipinski definition) is 7. The van der Waals surface area contributed by atoms with Gasteiger partial charge in [0.2, 0.25) is 0 Å². The second-order valence-corrected chi connectivity index (χ2v) is 9.76. The number of carbonyl (C=O) groups excluding carboxylic acids is 1. The zero-order valence-electron chi connectivity index (χ0n) is 22.2. The minimum Gasteiger partial charge on any atom is -0.463 e. The van der Waals surface area contributed by atoms with E-state index in [0.717, 1.165) is 44.9 Å². The molecule has 1 aliphatic rings. The first-order valence-electron chi connectivity index (χ1n) is 14.1. The normalized spacial score (nSPS) is 24.8. The Balaban J connectivity index is 2.04. The van der Waals surface area contributed by atoms with Gasteiger partial charge in [-0.15, -0.1) is 0 Å². The van der Waals surface area contributed by atoms with Crippen LogP contribution in [-0.4, -0.2) is 65.2 Å². The lowest BCUT2D eigenvalue weighted by molar-refractivity contribution is -0.301. The Bertz CT molecular complexity index is 539. The molecule has 0 saturated carbocycles. The summed E-state index contributed by atoms with van der Waals surface area (Å²) in [6.07, 6.45) is 16.2. The summed E-state index contributed by atoms with van der Waals surface area (Å²) >= 11 is 0. The molecule has 5 atom stereocenters. The van der Waals surface area contributed by atoms with Gasteiger partial charge in [-0.1, -0.05) is 83.8 Å². The average Bonchev–Trinajstić information content (AvgIpc) is 2.85. The predicted octanol–water partition coefficient (Wildman–Crippen LogP) is 5.19. The van der Waals surface area contributed by atoms with Gasteiger partial charge in [-0.05, 0) is 38.5 Å². The first-order valence-corrected chi connectivity index (χ1v) is 14.1. The lowest BCUT2D eigenvalue weighted by Gasteiger charge is -2.39. The standard InChI is InChI=1S/C28H52O7/c1-3-5-7-8-9-10-11-12-13-14-15-16-17-18-19-20-24(29)34-22-23-25(30)26(31)27(32)28(35-23)33-21-6-4-2/h12-13,23,25-28,30-32H,3-11,14-22H2,1-2H3/b13-12-/t23-,25-,26+,27-,28+/m1/s1. The molecule has 0 aromatic carbocycles. The van der Waals surface area contributed by atoms with Gasteiger partial charge >= 0.3 is 5.97 Å². The number of hydrogen-bond donors (Lipinski definition) is 3. The third-order valence-electron chi connectivity index (χ3n) is 6.50. The van der Waals surface area contributed by atoms with Crippen LogP contribution in [0.25, 0.3) is 0 Å². The van der Waals surface area contributed by atoms with Crippen molar-refractivity contribution in [3.8, 4) is 0 Å². The molecule has 0 aliphatic carbocycles. The molecule has 1 heterocycles. The van der Waals surface area contributed by atoms with Gasteiger partial charge in [0.25, 0.3) is 0 Å². The van der Waals surface area contributed by atoms with Crippen LogP contribution in [0.4, 0.5) is 0 Å². The van der Waals surface area contributed by atoms with Crippen molar-refractivity contribution in [1.29, 1.82) is 0 Å². The van der Waals surface area contributed by atoms with Crippen LogP contribution in [0.1, 0.15) is 117 Å². The summed E-state index contributed by atoms with van der Waals surface area (Å²) in [5, 5.41) is 30.2. The highest BCUT2D eigenvalue weighted by Crippen LogP contribution is 2.23. The number of unbranched alkanes of at least 4 members (excludes halogenated alkanes) is 12. The van der Waals surface area contributed by atoms with Crippen molar-refractivity contribution in [2.75, 3.05) is 13.2 Å². The molecule has 7 heteroatoms. The van der Waals surface area contributed by atoms with E-state index in [2.05, 4.69) is 19.1 Å². The summed E-state index contributed by atoms with van der Waals surface area (Å²) in [7, 11) is 0. The maximum atomic E-state index is 12.1. The molecule has 1 rings (SSSR count). The molecule has 35 heavy (non-hydrogen) atoms. The third-order valence-corrected chi connectivity index (χ3v) is 6.50. The molecule has 0 aromatic rings. The zero-order valence-corrected chi connectivity index (χ0v) is 22.2. The summed E-state index contributed by atoms with van der Waals surface area (Å²) < 4.78 is 16.3. The monoisotopic (exact) mass is 500 g/mol. The smallest absolute Gasteiger partial charge is 0.305 e. The fourth-order valence-electron chi connectivity index (χ4n) is 4.12. The van der Waals surface area contributed by atoms with Gasteiger partial charge in [0.1, 0.15) is 31.0 Å². The average molecular weight is 501 g/mol. The van der Waals surface area contributed by atoms with Crippen LogP contribution in [0.3, 0.4) is 0 Å². The molecular formula is C28H52O7. The van der Waals surface area contributed by atoms with Crippen LogP contribution in [0.15, 0.2) is 12.2 Å². The second kappa shape index (κ2) is 21.1. The van der Waals surface area contributed by atoms with Crippen LogP contribution in [0.2, 0.25) is 0 Å². The van der Waals surface area contributed by atoms with E-state index in [9.17, 15) is 20.1 Å². The topological polar surface area (TPSA) is 105 Å². The van der Waals surface area contributed by atoms with Crippen LogP contribution < -0.4 is 0 Å². The van der Waals surface area contributed by atoms with Gasteiger partial charge in [0, 0.05) is 13.0 Å². The lowest BCUT2D eigenvalue weighted by atomic mass is 9.99. The summed E-state index contributed by atoms with van der Waals surface area (Å²) in [6, 6.07) is 0. The summed E-state index contributed by atoms with van der Waals surface area (Å²) in [6.45, 7) is 4.46. The molecule has 0 aromatic heterocycles. The highest BCUT2D eigenvalue weighted by molar-refractivity contribution is 5.69. The van der Waals surface area contributed by atoms with Crippen LogP contribution >= 0.6 is 0 Å². The summed E-state index contributed by atoms with van der Waals surface area (Å²) in [4.78, 5) is 12.1. The Morgan fingerprint density at radius 2 is 1.31 bits per heavy atom. The Labute approximate surface area is 213 Å². The van der Waals surface area contributed by atoms with E-state index in [4.69, 9.17) is 14.2 Å². The maximum absolute atomic E-state index is 12.1. The molecule has 0 spiro atoms. The van der Waals surface area contributed by atoms with Crippen LogP contribution in [-0.2, 0) is 19.0 Å². The van der Waals surface area contributed by atoms with Gasteiger partial charge in [-0.2, -0.15) is 0 Å². The SMILES string of the molecule is CCCCCCCC/C=C\CCCCCCCC(=O)OC[C@H]1O[C@H](OCCCC)[C@H](O)[C@@H](O)[C@@H]1O. The first-order chi connectivity index (χ1) is 17.0. The predicted molar refractivity (Wildman–Crippen MR) is 138 cm³/mol. The number of esters is 1. The molecule has 1 aliphatic heterocycles. The quantitative estimate of drug-likeness (QED) is 0.113. The van der Waals surface area contributed by atoms with Crippen molar-refractivity contribution < 1.29 is 34.3 Å². The molecular weight excluding hydrogens is 448 g/mol. The van der Waals surface area contributed by atoms with Crippen molar-refractivity contribution in [2.24, 2.45) is 0 Å². The number of allylic oxidation sites excluding steroid dienone is 2. The first kappa shape index (κ1) is 32.0. The molecule has 0 unspecified atom stereocenters. The number of rotatable bonds is 21. The van der Waals surface area contributed by atoms with Gasteiger partial charge in [-0.25, -0.2) is 0 Å². The Kier molecular flexibility index (Phi) is 19.3. The fraction of sp³-hybridized carbons (Fsp3) is 0.893. The molecule has 1 fully saturated rings. The fourth-order valence-corrected chi connectivity index (χ4v) is 4.12. The van der Waals surface area contributed by atoms with E-state index in [1.165, 1.54) is 51.4 Å². The van der Waals surface area contributed by atoms with Crippen molar-refractivity contribution in [2.45, 2.75) is 147 Å². The van der Waals surface area contributed by atoms with Crippen molar-refractivity contribution in [3.05, 3.63) is 12.2 Å². The van der Waals surface area contributed by atoms with Gasteiger partial charge in [0.05, 0.1) is 0 Å². The minimum absolute atomic E-state index is 0.178. The highest BCUT2D eigenvalue weighted by Gasteiger charge is 2.44. The molecule has 206 valence electrons. The van der Waals surface area contributed by atoms with Crippen LogP contribution in [0.5, 0.6) is 0 Å². The molecule has 0 radical (unpaired) electrons. The lowest BCUT2D eigenvalue weighted by Crippen LogP contribution is -2.59.